The zero-order valence-corrected chi connectivity index (χ0v) is 35.5. The molecule has 1 aromatic carbocycles. The molecule has 0 unspecified atom stereocenters. The normalized spacial score (nSPS) is 11.6. The zero-order valence-electron chi connectivity index (χ0n) is 31.6. The van der Waals surface area contributed by atoms with Gasteiger partial charge in [-0.2, -0.15) is 0 Å². The number of pyridine rings is 3. The average Bonchev–Trinajstić information content (AvgIpc) is 4.05. The van der Waals surface area contributed by atoms with Crippen molar-refractivity contribution in [2.75, 3.05) is 0 Å². The molecule has 3 N–H and O–H groups in total. The quantitative estimate of drug-likeness (QED) is 0.219. The van der Waals surface area contributed by atoms with Crippen molar-refractivity contribution < 1.29 is 50.9 Å². The molecule has 2 aliphatic heterocycles. The highest BCUT2D eigenvalue weighted by Crippen LogP contribution is 2.40. The Morgan fingerprint density at radius 2 is 0.793 bits per heavy atom. The van der Waals surface area contributed by atoms with Crippen molar-refractivity contribution in [2.45, 2.75) is 0 Å². The van der Waals surface area contributed by atoms with E-state index in [4.69, 9.17) is 9.97 Å². The van der Waals surface area contributed by atoms with Gasteiger partial charge in [-0.05, 0) is 83.5 Å². The summed E-state index contributed by atoms with van der Waals surface area (Å²) in [5.41, 5.74) is 16.7. The fraction of sp³-hybridized carbons (Fsp3) is 0.0652. The molecular weight excluding hydrogens is 851 g/mol. The van der Waals surface area contributed by atoms with E-state index in [1.807, 2.05) is 34.8 Å². The van der Waals surface area contributed by atoms with Crippen LogP contribution in [0.2, 0.25) is 0 Å². The molecular formula is C46H36BrCl3N8. The Hall–Kier alpha value is -5.84. The van der Waals surface area contributed by atoms with E-state index in [1.165, 1.54) is 0 Å². The summed E-state index contributed by atoms with van der Waals surface area (Å²) >= 11 is 3.73. The van der Waals surface area contributed by atoms with E-state index in [9.17, 15) is 0 Å². The third kappa shape index (κ3) is 7.16. The van der Waals surface area contributed by atoms with Crippen molar-refractivity contribution in [1.82, 2.24) is 24.9 Å². The lowest BCUT2D eigenvalue weighted by molar-refractivity contribution is -0.671. The fourth-order valence-corrected chi connectivity index (χ4v) is 8.06. The second-order valence-corrected chi connectivity index (χ2v) is 15.1. The minimum Gasteiger partial charge on any atom is -1.00 e. The van der Waals surface area contributed by atoms with Crippen LogP contribution in [0.4, 0.5) is 0 Å². The maximum atomic E-state index is 5.46. The third-order valence-electron chi connectivity index (χ3n) is 10.5. The summed E-state index contributed by atoms with van der Waals surface area (Å²) < 4.78 is 7.16. The van der Waals surface area contributed by atoms with E-state index in [0.717, 1.165) is 105 Å². The van der Waals surface area contributed by atoms with Gasteiger partial charge < -0.3 is 52.2 Å². The second kappa shape index (κ2) is 16.2. The summed E-state index contributed by atoms with van der Waals surface area (Å²) in [6.45, 7) is 0. The molecule has 8 bridgehead atoms. The molecule has 0 spiro atoms. The summed E-state index contributed by atoms with van der Waals surface area (Å²) in [5.74, 6) is 0. The van der Waals surface area contributed by atoms with E-state index in [0.29, 0.717) is 0 Å². The van der Waals surface area contributed by atoms with E-state index < -0.39 is 0 Å². The SMILES string of the molecule is C[n+]1ccc(-c2c3nc(c(-c4cc[n+](C)cc4)c4ccc([nH]4)c(-c4c[nH]c5ccc(Br)cc45)c4nc(c(-c5cc[n+](C)cc5)c5ccc2[nH]5)C=C4)C=C3)cc1.[Cl-].[Cl-].[Cl-]. The number of nitrogens with zero attached hydrogens (tertiary/aromatic N) is 5. The lowest BCUT2D eigenvalue weighted by Crippen LogP contribution is -3.00. The van der Waals surface area contributed by atoms with E-state index in [-0.39, 0.29) is 37.2 Å². The predicted molar refractivity (Wildman–Crippen MR) is 224 cm³/mol. The molecule has 8 aromatic rings. The molecule has 58 heavy (non-hydrogen) atoms. The smallest absolute Gasteiger partial charge is 0.169 e. The van der Waals surface area contributed by atoms with Crippen LogP contribution in [0.3, 0.4) is 0 Å². The van der Waals surface area contributed by atoms with Gasteiger partial charge >= 0.3 is 0 Å². The van der Waals surface area contributed by atoms with Crippen LogP contribution in [0.15, 0.2) is 127 Å². The summed E-state index contributed by atoms with van der Waals surface area (Å²) in [7, 11) is 6.11. The Bertz CT molecular complexity index is 3030. The fourth-order valence-electron chi connectivity index (χ4n) is 7.70. The molecule has 12 heteroatoms. The maximum Gasteiger partial charge on any atom is 0.169 e. The topological polar surface area (TPSA) is 84.8 Å². The van der Waals surface area contributed by atoms with Crippen LogP contribution in [0.5, 0.6) is 0 Å². The van der Waals surface area contributed by atoms with Crippen molar-refractivity contribution in [1.29, 1.82) is 0 Å². The largest absolute Gasteiger partial charge is 1.00 e. The first-order chi connectivity index (χ1) is 26.9. The predicted octanol–water partition coefficient (Wildman–Crippen LogP) is 0.0529. The van der Waals surface area contributed by atoms with Gasteiger partial charge in [0.05, 0.1) is 22.8 Å². The van der Waals surface area contributed by atoms with Gasteiger partial charge in [-0.1, -0.05) is 15.9 Å². The van der Waals surface area contributed by atoms with Crippen molar-refractivity contribution in [3.05, 3.63) is 149 Å². The number of aryl methyl sites for hydroxylation is 3. The number of hydrogen-bond acceptors (Lipinski definition) is 2. The molecule has 288 valence electrons. The summed E-state index contributed by atoms with van der Waals surface area (Å²) in [5, 5.41) is 1.10. The number of hydrogen-bond donors (Lipinski definition) is 3. The molecule has 0 atom stereocenters. The van der Waals surface area contributed by atoms with Gasteiger partial charge in [-0.3, -0.25) is 0 Å². The first-order valence-corrected chi connectivity index (χ1v) is 19.0. The minimum absolute atomic E-state index is 0. The highest BCUT2D eigenvalue weighted by Gasteiger charge is 2.21. The number of nitrogens with one attached hydrogen (secondary N) is 3. The average molecular weight is 887 g/mol. The molecule has 10 rings (SSSR count). The Balaban J connectivity index is 0.00000171. The van der Waals surface area contributed by atoms with Gasteiger partial charge in [0.25, 0.3) is 0 Å². The van der Waals surface area contributed by atoms with E-state index in [1.54, 1.807) is 0 Å². The Kier molecular flexibility index (Phi) is 11.3. The molecule has 0 saturated heterocycles. The number of rotatable bonds is 4. The van der Waals surface area contributed by atoms with Crippen LogP contribution in [0.1, 0.15) is 22.8 Å². The summed E-state index contributed by atoms with van der Waals surface area (Å²) in [6, 6.07) is 27.9. The number of aromatic nitrogens is 8. The van der Waals surface area contributed by atoms with Crippen LogP contribution >= 0.6 is 15.9 Å². The molecule has 0 amide bonds. The lowest BCUT2D eigenvalue weighted by Gasteiger charge is -2.06. The van der Waals surface area contributed by atoms with Crippen LogP contribution < -0.4 is 50.9 Å². The second-order valence-electron chi connectivity index (χ2n) is 14.2. The molecule has 0 saturated carbocycles. The monoisotopic (exact) mass is 884 g/mol. The van der Waals surface area contributed by atoms with Crippen molar-refractivity contribution in [3.63, 3.8) is 0 Å². The number of halogens is 4. The van der Waals surface area contributed by atoms with Crippen LogP contribution in [-0.4, -0.2) is 24.9 Å². The minimum atomic E-state index is 0. The Morgan fingerprint density at radius 1 is 0.448 bits per heavy atom. The van der Waals surface area contributed by atoms with Crippen molar-refractivity contribution in [3.8, 4) is 44.5 Å². The number of fused-ring (bicyclic) bond motifs is 9. The molecule has 0 aliphatic carbocycles. The van der Waals surface area contributed by atoms with Crippen LogP contribution in [-0.2, 0) is 21.1 Å². The Labute approximate surface area is 362 Å². The lowest BCUT2D eigenvalue weighted by atomic mass is 10.0. The molecule has 0 fully saturated rings. The van der Waals surface area contributed by atoms with E-state index in [2.05, 4.69) is 177 Å². The van der Waals surface area contributed by atoms with Crippen LogP contribution in [0.25, 0.3) is 102 Å². The standard InChI is InChI=1S/C46H35BrN8.3ClH/c1-53-20-14-28(15-21-53)43-35-6-8-37(49-35)44(29-16-22-54(2)23-17-29)39-10-12-41(51-39)46(33-27-48-34-5-4-31(47)26-32(33)34)42-13-11-40(52-42)45(38-9-7-36(43)50-38)30-18-24-55(3)25-19-30;;;/h4-27H,1-3H3,(H2,48,49,50,51,52);3*1H/q+2;;;/p-2. The highest BCUT2D eigenvalue weighted by molar-refractivity contribution is 9.10. The molecule has 7 aromatic heterocycles. The van der Waals surface area contributed by atoms with Gasteiger partial charge in [0.15, 0.2) is 37.2 Å². The van der Waals surface area contributed by atoms with Gasteiger partial charge in [-0.25, -0.2) is 23.7 Å². The van der Waals surface area contributed by atoms with Crippen molar-refractivity contribution >= 4 is 73.2 Å². The van der Waals surface area contributed by atoms with Gasteiger partial charge in [0.2, 0.25) is 0 Å². The first-order valence-electron chi connectivity index (χ1n) is 18.2. The van der Waals surface area contributed by atoms with E-state index >= 15 is 0 Å². The van der Waals surface area contributed by atoms with Gasteiger partial charge in [0.1, 0.15) is 21.1 Å². The molecule has 2 aliphatic rings. The summed E-state index contributed by atoms with van der Waals surface area (Å²) in [4.78, 5) is 22.1. The molecule has 9 heterocycles. The number of aromatic amines is 3. The van der Waals surface area contributed by atoms with Crippen LogP contribution in [0, 0.1) is 0 Å². The Morgan fingerprint density at radius 3 is 1.19 bits per heavy atom. The third-order valence-corrected chi connectivity index (χ3v) is 11.0. The number of benzene rings is 1. The van der Waals surface area contributed by atoms with Gasteiger partial charge in [0, 0.05) is 108 Å². The highest BCUT2D eigenvalue weighted by atomic mass is 79.9. The molecule has 8 nitrogen and oxygen atoms in total. The summed E-state index contributed by atoms with van der Waals surface area (Å²) in [6.07, 6.45) is 23.1. The first kappa shape index (κ1) is 40.4. The number of H-pyrrole nitrogens is 3. The van der Waals surface area contributed by atoms with Gasteiger partial charge in [-0.15, -0.1) is 0 Å². The van der Waals surface area contributed by atoms with Crippen molar-refractivity contribution in [2.24, 2.45) is 21.1 Å². The zero-order chi connectivity index (χ0) is 37.2. The molecule has 0 radical (unpaired) electrons. The maximum absolute atomic E-state index is 5.46.